The number of rotatable bonds is 8. The van der Waals surface area contributed by atoms with Crippen molar-refractivity contribution in [1.82, 2.24) is 20.1 Å². The number of esters is 1. The number of nitrogens with one attached hydrogen (secondary N) is 2. The summed E-state index contributed by atoms with van der Waals surface area (Å²) in [6.45, 7) is 4.48. The number of ether oxygens (including phenoxy) is 1. The maximum atomic E-state index is 12.6. The van der Waals surface area contributed by atoms with Crippen molar-refractivity contribution < 1.29 is 18.7 Å². The molecule has 9 heteroatoms. The lowest BCUT2D eigenvalue weighted by Gasteiger charge is -2.09. The quantitative estimate of drug-likeness (QED) is 0.293. The van der Waals surface area contributed by atoms with Crippen LogP contribution < -0.4 is 5.32 Å². The molecule has 0 radical (unpaired) electrons. The molecule has 2 aromatic carbocycles. The number of hydrogen-bond donors (Lipinski definition) is 2. The second-order valence-electron chi connectivity index (χ2n) is 7.52. The lowest BCUT2D eigenvalue weighted by molar-refractivity contribution is -0.121. The highest BCUT2D eigenvalue weighted by Crippen LogP contribution is 2.26. The molecule has 2 heterocycles. The Morgan fingerprint density at radius 2 is 1.94 bits per heavy atom. The van der Waals surface area contributed by atoms with Gasteiger partial charge in [-0.2, -0.15) is 5.10 Å². The fourth-order valence-electron chi connectivity index (χ4n) is 3.57. The molecule has 170 valence electrons. The molecular weight excluding hydrogens is 440 g/mol. The van der Waals surface area contributed by atoms with E-state index >= 15 is 0 Å². The van der Waals surface area contributed by atoms with Gasteiger partial charge >= 0.3 is 5.97 Å². The first kappa shape index (κ1) is 22.5. The van der Waals surface area contributed by atoms with Crippen molar-refractivity contribution in [2.45, 2.75) is 33.4 Å². The van der Waals surface area contributed by atoms with E-state index in [9.17, 15) is 9.59 Å². The van der Waals surface area contributed by atoms with Crippen LogP contribution in [0.2, 0.25) is 0 Å². The predicted octanol–water partition coefficient (Wildman–Crippen LogP) is 4.55. The molecule has 0 saturated heterocycles. The molecule has 4 aromatic rings. The van der Waals surface area contributed by atoms with Gasteiger partial charge in [-0.3, -0.25) is 14.5 Å². The highest BCUT2D eigenvalue weighted by molar-refractivity contribution is 7.71. The van der Waals surface area contributed by atoms with Crippen molar-refractivity contribution in [3.05, 3.63) is 70.2 Å². The number of amides is 1. The Bertz CT molecular complexity index is 1350. The van der Waals surface area contributed by atoms with E-state index in [1.807, 2.05) is 49.4 Å². The van der Waals surface area contributed by atoms with Crippen LogP contribution >= 0.6 is 12.2 Å². The second kappa shape index (κ2) is 9.83. The van der Waals surface area contributed by atoms with Gasteiger partial charge in [0, 0.05) is 36.0 Å². The molecule has 4 rings (SSSR count). The summed E-state index contributed by atoms with van der Waals surface area (Å²) in [7, 11) is 0. The number of benzene rings is 2. The highest BCUT2D eigenvalue weighted by Gasteiger charge is 2.22. The molecule has 0 saturated carbocycles. The number of H-pyrrole nitrogens is 1. The zero-order valence-corrected chi connectivity index (χ0v) is 19.2. The van der Waals surface area contributed by atoms with Crippen molar-refractivity contribution >= 4 is 35.1 Å². The number of aryl methyl sites for hydroxylation is 1. The molecule has 2 N–H and O–H groups in total. The van der Waals surface area contributed by atoms with Crippen molar-refractivity contribution in [2.24, 2.45) is 0 Å². The number of fused-ring (bicyclic) bond motifs is 1. The molecule has 0 bridgehead atoms. The van der Waals surface area contributed by atoms with Gasteiger partial charge in [0.25, 0.3) is 0 Å². The number of nitrogens with zero attached hydrogens (tertiary/aromatic N) is 2. The third-order valence-electron chi connectivity index (χ3n) is 5.25. The zero-order chi connectivity index (χ0) is 23.4. The Labute approximate surface area is 195 Å². The normalized spacial score (nSPS) is 11.0. The summed E-state index contributed by atoms with van der Waals surface area (Å²) in [6.07, 6.45) is 0.192. The molecule has 0 aliphatic heterocycles. The van der Waals surface area contributed by atoms with Crippen molar-refractivity contribution in [2.75, 3.05) is 6.61 Å². The maximum absolute atomic E-state index is 12.6. The van der Waals surface area contributed by atoms with E-state index in [2.05, 4.69) is 15.5 Å². The monoisotopic (exact) mass is 464 g/mol. The molecule has 0 unspecified atom stereocenters. The number of aromatic nitrogens is 3. The minimum Gasteiger partial charge on any atom is -0.460 e. The Balaban J connectivity index is 1.46. The molecule has 0 atom stereocenters. The van der Waals surface area contributed by atoms with Crippen molar-refractivity contribution in [3.63, 3.8) is 0 Å². The fraction of sp³-hybridized carbons (Fsp3) is 0.250. The lowest BCUT2D eigenvalue weighted by Crippen LogP contribution is -2.25. The summed E-state index contributed by atoms with van der Waals surface area (Å²) in [4.78, 5) is 25.0. The van der Waals surface area contributed by atoms with Crippen LogP contribution in [-0.4, -0.2) is 33.2 Å². The summed E-state index contributed by atoms with van der Waals surface area (Å²) in [6, 6.07) is 15.2. The average Bonchev–Trinajstić information content (AvgIpc) is 3.37. The van der Waals surface area contributed by atoms with Gasteiger partial charge < -0.3 is 14.5 Å². The smallest absolute Gasteiger partial charge is 0.374 e. The van der Waals surface area contributed by atoms with Crippen LogP contribution in [0.3, 0.4) is 0 Å². The van der Waals surface area contributed by atoms with Gasteiger partial charge in [-0.25, -0.2) is 4.79 Å². The molecule has 1 amide bonds. The average molecular weight is 465 g/mol. The molecule has 0 spiro atoms. The van der Waals surface area contributed by atoms with Gasteiger partial charge in [0.1, 0.15) is 5.58 Å². The number of carbonyl (C=O) groups is 2. The molecule has 0 fully saturated rings. The van der Waals surface area contributed by atoms with Gasteiger partial charge in [0.2, 0.25) is 11.7 Å². The Hall–Kier alpha value is -3.72. The summed E-state index contributed by atoms with van der Waals surface area (Å²) in [5, 5.41) is 10.8. The predicted molar refractivity (Wildman–Crippen MR) is 126 cm³/mol. The van der Waals surface area contributed by atoms with Crippen LogP contribution in [0.1, 0.15) is 35.0 Å². The third kappa shape index (κ3) is 4.88. The Morgan fingerprint density at radius 3 is 2.70 bits per heavy atom. The van der Waals surface area contributed by atoms with Crippen LogP contribution in [0.5, 0.6) is 0 Å². The van der Waals surface area contributed by atoms with E-state index < -0.39 is 5.97 Å². The Morgan fingerprint density at radius 1 is 1.18 bits per heavy atom. The Kier molecular flexibility index (Phi) is 6.69. The molecule has 0 aliphatic carbocycles. The first-order valence-electron chi connectivity index (χ1n) is 10.6. The van der Waals surface area contributed by atoms with Gasteiger partial charge in [0.05, 0.1) is 6.61 Å². The van der Waals surface area contributed by atoms with Crippen molar-refractivity contribution in [1.29, 1.82) is 0 Å². The standard InChI is InChI=1S/C24H24N4O4S/c1-3-31-23(30)21-18(17-6-4-5-7-19(17)32-21)14-25-20(29)12-13-28-22(26-27-24(28)33)16-10-8-15(2)9-11-16/h4-11H,3,12-14H2,1-2H3,(H,25,29)(H,27,33). The van der Waals surface area contributed by atoms with E-state index in [1.165, 1.54) is 0 Å². The number of para-hydroxylation sites is 1. The first-order chi connectivity index (χ1) is 16.0. The van der Waals surface area contributed by atoms with Gasteiger partial charge in [-0.05, 0) is 32.1 Å². The summed E-state index contributed by atoms with van der Waals surface area (Å²) >= 11 is 5.35. The maximum Gasteiger partial charge on any atom is 0.374 e. The van der Waals surface area contributed by atoms with Crippen LogP contribution in [0.15, 0.2) is 52.9 Å². The van der Waals surface area contributed by atoms with E-state index in [0.29, 0.717) is 28.3 Å². The molecule has 8 nitrogen and oxygen atoms in total. The lowest BCUT2D eigenvalue weighted by atomic mass is 10.1. The minimum absolute atomic E-state index is 0.108. The summed E-state index contributed by atoms with van der Waals surface area (Å²) < 4.78 is 13.1. The highest BCUT2D eigenvalue weighted by atomic mass is 32.1. The third-order valence-corrected chi connectivity index (χ3v) is 5.56. The number of aromatic amines is 1. The van der Waals surface area contributed by atoms with Gasteiger partial charge in [-0.15, -0.1) is 0 Å². The number of furan rings is 1. The van der Waals surface area contributed by atoms with Crippen LogP contribution in [0.25, 0.3) is 22.4 Å². The van der Waals surface area contributed by atoms with E-state index in [1.54, 1.807) is 17.6 Å². The summed E-state index contributed by atoms with van der Waals surface area (Å²) in [5.74, 6) is 0.0497. The largest absolute Gasteiger partial charge is 0.460 e. The van der Waals surface area contributed by atoms with E-state index in [-0.39, 0.29) is 31.2 Å². The molecular formula is C24H24N4O4S. The fourth-order valence-corrected chi connectivity index (χ4v) is 3.80. The van der Waals surface area contributed by atoms with Crippen LogP contribution in [0.4, 0.5) is 0 Å². The van der Waals surface area contributed by atoms with Crippen LogP contribution in [0, 0.1) is 11.7 Å². The van der Waals surface area contributed by atoms with E-state index in [4.69, 9.17) is 21.4 Å². The topological polar surface area (TPSA) is 102 Å². The number of carbonyl (C=O) groups excluding carboxylic acids is 2. The van der Waals surface area contributed by atoms with E-state index in [0.717, 1.165) is 16.5 Å². The molecule has 2 aromatic heterocycles. The summed E-state index contributed by atoms with van der Waals surface area (Å²) in [5.41, 5.74) is 3.22. The SMILES string of the molecule is CCOC(=O)c1oc2ccccc2c1CNC(=O)CCn1c(-c2ccc(C)cc2)n[nH]c1=S. The number of hydrogen-bond acceptors (Lipinski definition) is 6. The molecule has 0 aliphatic rings. The van der Waals surface area contributed by atoms with Gasteiger partial charge in [-0.1, -0.05) is 48.0 Å². The zero-order valence-electron chi connectivity index (χ0n) is 18.4. The van der Waals surface area contributed by atoms with Crippen LogP contribution in [-0.2, 0) is 22.6 Å². The van der Waals surface area contributed by atoms with Crippen molar-refractivity contribution in [3.8, 4) is 11.4 Å². The first-order valence-corrected chi connectivity index (χ1v) is 11.0. The minimum atomic E-state index is -0.551. The second-order valence-corrected chi connectivity index (χ2v) is 7.91. The van der Waals surface area contributed by atoms with Gasteiger partial charge in [0.15, 0.2) is 10.6 Å². The molecule has 33 heavy (non-hydrogen) atoms.